The van der Waals surface area contributed by atoms with Crippen molar-refractivity contribution in [3.05, 3.63) is 34.9 Å². The molecule has 0 aromatic heterocycles. The Hall–Kier alpha value is -1.92. The molecule has 1 aromatic carbocycles. The zero-order valence-corrected chi connectivity index (χ0v) is 11.5. The van der Waals surface area contributed by atoms with Crippen LogP contribution < -0.4 is 4.90 Å². The van der Waals surface area contributed by atoms with Gasteiger partial charge in [-0.15, -0.1) is 6.42 Å². The standard InChI is InChI=1S/C15H16ClNO2/c1-3-9-17(10-4-2)14-7-6-13(16)11-12(14)5-8-15(18)19/h1,5-8,11H,4,9-10H2,2H3,(H,18,19)/b8-5+. The monoisotopic (exact) mass is 277 g/mol. The van der Waals surface area contributed by atoms with Crippen LogP contribution in [0.3, 0.4) is 0 Å². The Morgan fingerprint density at radius 1 is 1.58 bits per heavy atom. The average molecular weight is 278 g/mol. The lowest BCUT2D eigenvalue weighted by Crippen LogP contribution is -2.25. The van der Waals surface area contributed by atoms with Crippen LogP contribution in [0.15, 0.2) is 24.3 Å². The van der Waals surface area contributed by atoms with Gasteiger partial charge in [0.2, 0.25) is 0 Å². The smallest absolute Gasteiger partial charge is 0.328 e. The van der Waals surface area contributed by atoms with Gasteiger partial charge in [-0.3, -0.25) is 0 Å². The molecule has 1 N–H and O–H groups in total. The first-order valence-electron chi connectivity index (χ1n) is 5.97. The molecule has 0 radical (unpaired) electrons. The second-order valence-corrected chi connectivity index (χ2v) is 4.44. The Bertz CT molecular complexity index is 517. The van der Waals surface area contributed by atoms with Gasteiger partial charge in [0, 0.05) is 23.3 Å². The van der Waals surface area contributed by atoms with Crippen LogP contribution in [0.2, 0.25) is 5.02 Å². The van der Waals surface area contributed by atoms with Crippen molar-refractivity contribution in [2.24, 2.45) is 0 Å². The first kappa shape index (κ1) is 15.1. The highest BCUT2D eigenvalue weighted by Crippen LogP contribution is 2.25. The predicted octanol–water partition coefficient (Wildman–Crippen LogP) is 3.29. The third-order valence-electron chi connectivity index (χ3n) is 2.51. The molecule has 1 rings (SSSR count). The second kappa shape index (κ2) is 7.50. The Balaban J connectivity index is 3.17. The van der Waals surface area contributed by atoms with E-state index in [-0.39, 0.29) is 0 Å². The Morgan fingerprint density at radius 3 is 2.89 bits per heavy atom. The highest BCUT2D eigenvalue weighted by atomic mass is 35.5. The molecule has 0 heterocycles. The van der Waals surface area contributed by atoms with E-state index in [2.05, 4.69) is 12.8 Å². The maximum Gasteiger partial charge on any atom is 0.328 e. The van der Waals surface area contributed by atoms with Crippen LogP contribution in [-0.2, 0) is 4.79 Å². The van der Waals surface area contributed by atoms with Crippen molar-refractivity contribution in [2.45, 2.75) is 13.3 Å². The number of hydrogen-bond acceptors (Lipinski definition) is 2. The Labute approximate surface area is 118 Å². The summed E-state index contributed by atoms with van der Waals surface area (Å²) in [5.74, 6) is 1.61. The van der Waals surface area contributed by atoms with Gasteiger partial charge >= 0.3 is 5.97 Å². The highest BCUT2D eigenvalue weighted by Gasteiger charge is 2.09. The SMILES string of the molecule is C#CCN(CCC)c1ccc(Cl)cc1/C=C/C(=O)O. The number of nitrogens with zero attached hydrogens (tertiary/aromatic N) is 1. The van der Waals surface area contributed by atoms with Crippen molar-refractivity contribution in [3.63, 3.8) is 0 Å². The average Bonchev–Trinajstić information content (AvgIpc) is 2.36. The molecule has 0 bridgehead atoms. The lowest BCUT2D eigenvalue weighted by Gasteiger charge is -2.24. The van der Waals surface area contributed by atoms with Crippen LogP contribution in [0.5, 0.6) is 0 Å². The molecule has 0 aliphatic heterocycles. The first-order chi connectivity index (χ1) is 9.08. The summed E-state index contributed by atoms with van der Waals surface area (Å²) in [4.78, 5) is 12.7. The third-order valence-corrected chi connectivity index (χ3v) is 2.75. The molecule has 0 aliphatic rings. The van der Waals surface area contributed by atoms with Gasteiger partial charge in [-0.25, -0.2) is 4.79 Å². The number of carboxylic acids is 1. The van der Waals surface area contributed by atoms with E-state index < -0.39 is 5.97 Å². The first-order valence-corrected chi connectivity index (χ1v) is 6.35. The summed E-state index contributed by atoms with van der Waals surface area (Å²) in [6.45, 7) is 3.34. The summed E-state index contributed by atoms with van der Waals surface area (Å²) >= 11 is 5.95. The van der Waals surface area contributed by atoms with E-state index in [1.54, 1.807) is 12.1 Å². The number of benzene rings is 1. The maximum atomic E-state index is 10.6. The van der Waals surface area contributed by atoms with Crippen LogP contribution in [0.1, 0.15) is 18.9 Å². The summed E-state index contributed by atoms with van der Waals surface area (Å²) in [5, 5.41) is 9.28. The summed E-state index contributed by atoms with van der Waals surface area (Å²) in [6.07, 6.45) is 8.94. The van der Waals surface area contributed by atoms with Gasteiger partial charge in [0.1, 0.15) is 0 Å². The largest absolute Gasteiger partial charge is 0.478 e. The van der Waals surface area contributed by atoms with Crippen LogP contribution in [0.4, 0.5) is 5.69 Å². The van der Waals surface area contributed by atoms with Crippen molar-refractivity contribution >= 4 is 29.3 Å². The van der Waals surface area contributed by atoms with Gasteiger partial charge in [-0.2, -0.15) is 0 Å². The number of anilines is 1. The second-order valence-electron chi connectivity index (χ2n) is 4.00. The van der Waals surface area contributed by atoms with E-state index in [0.29, 0.717) is 11.6 Å². The Kier molecular flexibility index (Phi) is 5.98. The number of aliphatic carboxylic acids is 1. The number of halogens is 1. The van der Waals surface area contributed by atoms with Crippen LogP contribution >= 0.6 is 11.6 Å². The third kappa shape index (κ3) is 4.69. The predicted molar refractivity (Wildman–Crippen MR) is 79.5 cm³/mol. The zero-order chi connectivity index (χ0) is 14.3. The fraction of sp³-hybridized carbons (Fsp3) is 0.267. The zero-order valence-electron chi connectivity index (χ0n) is 10.8. The fourth-order valence-electron chi connectivity index (χ4n) is 1.77. The normalized spacial score (nSPS) is 10.4. The van der Waals surface area contributed by atoms with Crippen LogP contribution in [0.25, 0.3) is 6.08 Å². The minimum atomic E-state index is -0.995. The van der Waals surface area contributed by atoms with E-state index in [9.17, 15) is 4.79 Å². The fourth-order valence-corrected chi connectivity index (χ4v) is 1.95. The molecule has 4 heteroatoms. The molecular weight excluding hydrogens is 262 g/mol. The van der Waals surface area contributed by atoms with E-state index in [1.165, 1.54) is 6.08 Å². The molecule has 3 nitrogen and oxygen atoms in total. The summed E-state index contributed by atoms with van der Waals surface area (Å²) in [6, 6.07) is 5.36. The number of hydrogen-bond donors (Lipinski definition) is 1. The van der Waals surface area contributed by atoms with E-state index in [4.69, 9.17) is 23.1 Å². The van der Waals surface area contributed by atoms with Gasteiger partial charge in [-0.05, 0) is 36.3 Å². The molecule has 1 aromatic rings. The molecule has 0 unspecified atom stereocenters. The lowest BCUT2D eigenvalue weighted by atomic mass is 10.1. The van der Waals surface area contributed by atoms with Gasteiger partial charge in [0.25, 0.3) is 0 Å². The molecule has 0 fully saturated rings. The van der Waals surface area contributed by atoms with E-state index in [0.717, 1.165) is 30.3 Å². The molecule has 0 saturated carbocycles. The van der Waals surface area contributed by atoms with Gasteiger partial charge in [-0.1, -0.05) is 24.4 Å². The number of carboxylic acid groups (broad SMARTS) is 1. The van der Waals surface area contributed by atoms with Gasteiger partial charge in [0.05, 0.1) is 6.54 Å². The molecule has 0 amide bonds. The summed E-state index contributed by atoms with van der Waals surface area (Å²) in [5.41, 5.74) is 1.64. The van der Waals surface area contributed by atoms with Crippen molar-refractivity contribution < 1.29 is 9.90 Å². The molecule has 100 valence electrons. The molecule has 0 spiro atoms. The van der Waals surface area contributed by atoms with E-state index >= 15 is 0 Å². The molecule has 19 heavy (non-hydrogen) atoms. The minimum Gasteiger partial charge on any atom is -0.478 e. The van der Waals surface area contributed by atoms with Crippen molar-refractivity contribution in [1.82, 2.24) is 0 Å². The summed E-state index contributed by atoms with van der Waals surface area (Å²) < 4.78 is 0. The van der Waals surface area contributed by atoms with Crippen LogP contribution in [-0.4, -0.2) is 24.2 Å². The molecule has 0 saturated heterocycles. The van der Waals surface area contributed by atoms with E-state index in [1.807, 2.05) is 11.0 Å². The number of carbonyl (C=O) groups is 1. The van der Waals surface area contributed by atoms with Crippen molar-refractivity contribution in [2.75, 3.05) is 18.0 Å². The Morgan fingerprint density at radius 2 is 2.32 bits per heavy atom. The van der Waals surface area contributed by atoms with Gasteiger partial charge in [0.15, 0.2) is 0 Å². The molecular formula is C15H16ClNO2. The van der Waals surface area contributed by atoms with Crippen molar-refractivity contribution in [1.29, 1.82) is 0 Å². The lowest BCUT2D eigenvalue weighted by molar-refractivity contribution is -0.131. The topological polar surface area (TPSA) is 40.5 Å². The van der Waals surface area contributed by atoms with Gasteiger partial charge < -0.3 is 10.0 Å². The summed E-state index contributed by atoms with van der Waals surface area (Å²) in [7, 11) is 0. The van der Waals surface area contributed by atoms with Crippen LogP contribution in [0, 0.1) is 12.3 Å². The molecule has 0 atom stereocenters. The minimum absolute atomic E-state index is 0.476. The maximum absolute atomic E-state index is 10.6. The quantitative estimate of drug-likeness (QED) is 0.641. The number of terminal acetylenes is 1. The number of rotatable bonds is 6. The molecule has 0 aliphatic carbocycles. The highest BCUT2D eigenvalue weighted by molar-refractivity contribution is 6.30. The van der Waals surface area contributed by atoms with Crippen molar-refractivity contribution in [3.8, 4) is 12.3 Å².